The van der Waals surface area contributed by atoms with Gasteiger partial charge in [-0.15, -0.1) is 0 Å². The first kappa shape index (κ1) is 27.2. The Labute approximate surface area is 236 Å². The maximum atomic E-state index is 13.3. The lowest BCUT2D eigenvalue weighted by molar-refractivity contribution is 0.0260. The second kappa shape index (κ2) is 12.2. The van der Waals surface area contributed by atoms with E-state index in [1.807, 2.05) is 23.3 Å². The molecule has 5 heterocycles. The lowest BCUT2D eigenvalue weighted by atomic mass is 10.1. The quantitative estimate of drug-likeness (QED) is 0.347. The first-order valence-electron chi connectivity index (χ1n) is 14.0. The Hall–Kier alpha value is -4.00. The van der Waals surface area contributed by atoms with Gasteiger partial charge in [0.15, 0.2) is 0 Å². The molecule has 0 radical (unpaired) electrons. The highest BCUT2D eigenvalue weighted by Crippen LogP contribution is 2.26. The number of aliphatic hydroxyl groups excluding tert-OH is 1. The third-order valence-electron chi connectivity index (χ3n) is 7.73. The molecular formula is C29H33FN8O3. The van der Waals surface area contributed by atoms with Crippen LogP contribution in [0.3, 0.4) is 0 Å². The highest BCUT2D eigenvalue weighted by molar-refractivity contribution is 5.60. The van der Waals surface area contributed by atoms with Gasteiger partial charge in [-0.2, -0.15) is 10.2 Å². The Morgan fingerprint density at radius 1 is 0.951 bits per heavy atom. The summed E-state index contributed by atoms with van der Waals surface area (Å²) in [6, 6.07) is 9.48. The highest BCUT2D eigenvalue weighted by atomic mass is 19.1. The molecule has 0 spiro atoms. The number of ether oxygens (including phenoxy) is 1. The lowest BCUT2D eigenvalue weighted by Gasteiger charge is -2.33. The Bertz CT molecular complexity index is 1500. The van der Waals surface area contributed by atoms with E-state index in [9.17, 15) is 9.18 Å². The molecule has 214 valence electrons. The third kappa shape index (κ3) is 6.34. The van der Waals surface area contributed by atoms with Crippen LogP contribution >= 0.6 is 0 Å². The van der Waals surface area contributed by atoms with Crippen LogP contribution in [0.25, 0.3) is 22.4 Å². The third-order valence-corrected chi connectivity index (χ3v) is 7.73. The van der Waals surface area contributed by atoms with Gasteiger partial charge in [0, 0.05) is 74.1 Å². The predicted octanol–water partition coefficient (Wildman–Crippen LogP) is 2.24. The Kier molecular flexibility index (Phi) is 8.12. The van der Waals surface area contributed by atoms with Crippen molar-refractivity contribution in [3.8, 4) is 22.4 Å². The van der Waals surface area contributed by atoms with Gasteiger partial charge in [0.1, 0.15) is 5.82 Å². The monoisotopic (exact) mass is 560 g/mol. The van der Waals surface area contributed by atoms with Gasteiger partial charge in [-0.25, -0.2) is 19.0 Å². The summed E-state index contributed by atoms with van der Waals surface area (Å²) in [5.41, 5.74) is 2.96. The van der Waals surface area contributed by atoms with Gasteiger partial charge in [-0.1, -0.05) is 0 Å². The van der Waals surface area contributed by atoms with Crippen LogP contribution < -0.4 is 10.5 Å². The molecule has 0 bridgehead atoms. The predicted molar refractivity (Wildman–Crippen MR) is 151 cm³/mol. The Morgan fingerprint density at radius 3 is 2.49 bits per heavy atom. The van der Waals surface area contributed by atoms with Crippen LogP contribution in [-0.4, -0.2) is 91.6 Å². The van der Waals surface area contributed by atoms with Gasteiger partial charge in [0.25, 0.3) is 5.56 Å². The maximum Gasteiger partial charge on any atom is 0.266 e. The Morgan fingerprint density at radius 2 is 1.73 bits per heavy atom. The second-order valence-electron chi connectivity index (χ2n) is 10.5. The van der Waals surface area contributed by atoms with Gasteiger partial charge in [-0.05, 0) is 43.2 Å². The fourth-order valence-electron chi connectivity index (χ4n) is 5.43. The summed E-state index contributed by atoms with van der Waals surface area (Å²) in [7, 11) is 0. The number of nitrogens with zero attached hydrogens (tertiary/aromatic N) is 8. The zero-order valence-electron chi connectivity index (χ0n) is 22.7. The minimum absolute atomic E-state index is 0.196. The van der Waals surface area contributed by atoms with E-state index in [0.29, 0.717) is 37.4 Å². The van der Waals surface area contributed by atoms with E-state index in [-0.39, 0.29) is 30.6 Å². The fourth-order valence-corrected chi connectivity index (χ4v) is 5.43. The summed E-state index contributed by atoms with van der Waals surface area (Å²) in [5, 5.41) is 18.3. The van der Waals surface area contributed by atoms with Gasteiger partial charge >= 0.3 is 0 Å². The highest BCUT2D eigenvalue weighted by Gasteiger charge is 2.24. The molecule has 4 aromatic rings. The van der Waals surface area contributed by atoms with Gasteiger partial charge in [0.2, 0.25) is 5.95 Å². The summed E-state index contributed by atoms with van der Waals surface area (Å²) in [6.45, 7) is 4.76. The average molecular weight is 561 g/mol. The van der Waals surface area contributed by atoms with Crippen molar-refractivity contribution >= 4 is 5.95 Å². The fraction of sp³-hybridized carbons (Fsp3) is 0.414. The first-order chi connectivity index (χ1) is 20.1. The van der Waals surface area contributed by atoms with Crippen LogP contribution in [-0.2, 0) is 11.3 Å². The largest absolute Gasteiger partial charge is 0.395 e. The molecule has 0 unspecified atom stereocenters. The molecule has 2 aliphatic rings. The number of aliphatic hydroxyl groups is 1. The van der Waals surface area contributed by atoms with Crippen LogP contribution in [0.4, 0.5) is 10.3 Å². The molecule has 0 aliphatic carbocycles. The van der Waals surface area contributed by atoms with E-state index >= 15 is 0 Å². The van der Waals surface area contributed by atoms with E-state index in [1.54, 1.807) is 18.2 Å². The molecule has 41 heavy (non-hydrogen) atoms. The van der Waals surface area contributed by atoms with Crippen LogP contribution in [0.15, 0.2) is 66.0 Å². The van der Waals surface area contributed by atoms with Crippen molar-refractivity contribution in [2.24, 2.45) is 0 Å². The molecule has 2 saturated heterocycles. The summed E-state index contributed by atoms with van der Waals surface area (Å²) in [4.78, 5) is 26.1. The minimum atomic E-state index is -0.324. The summed E-state index contributed by atoms with van der Waals surface area (Å²) in [6.07, 6.45) is 9.28. The SMILES string of the molecule is O=c1ccc(-c2ccc(F)cc2)nn1C[C@@H]1CN(c2ncc(-c3cnn(C4CCN(CCO)CC4)c3)cn2)CCO1. The standard InChI is InChI=1S/C29H33FN8O3/c30-24-3-1-21(2-4-24)27-5-6-28(40)38(34-27)20-26-19-36(12-14-41-26)29-31-15-22(16-32-29)23-17-33-37(18-23)25-7-9-35(10-8-25)11-13-39/h1-6,15-18,25-26,39H,7-14,19-20H2/t26-/m0/s1. The van der Waals surface area contributed by atoms with Crippen molar-refractivity contribution in [1.29, 1.82) is 0 Å². The van der Waals surface area contributed by atoms with Crippen molar-refractivity contribution in [2.75, 3.05) is 50.8 Å². The van der Waals surface area contributed by atoms with Crippen molar-refractivity contribution in [3.05, 3.63) is 77.4 Å². The van der Waals surface area contributed by atoms with Crippen LogP contribution in [0, 0.1) is 5.82 Å². The minimum Gasteiger partial charge on any atom is -0.395 e. The summed E-state index contributed by atoms with van der Waals surface area (Å²) >= 11 is 0. The van der Waals surface area contributed by atoms with Crippen LogP contribution in [0.2, 0.25) is 0 Å². The number of morpholine rings is 1. The van der Waals surface area contributed by atoms with E-state index in [1.165, 1.54) is 22.9 Å². The summed E-state index contributed by atoms with van der Waals surface area (Å²) < 4.78 is 22.7. The van der Waals surface area contributed by atoms with Gasteiger partial charge in [0.05, 0.1) is 43.8 Å². The van der Waals surface area contributed by atoms with Crippen molar-refractivity contribution < 1.29 is 14.2 Å². The molecule has 1 aromatic carbocycles. The molecule has 11 nitrogen and oxygen atoms in total. The van der Waals surface area contributed by atoms with E-state index in [2.05, 4.69) is 36.2 Å². The van der Waals surface area contributed by atoms with Crippen LogP contribution in [0.5, 0.6) is 0 Å². The molecule has 6 rings (SSSR count). The zero-order valence-corrected chi connectivity index (χ0v) is 22.7. The normalized spacial score (nSPS) is 18.6. The second-order valence-corrected chi connectivity index (χ2v) is 10.5. The number of β-amino-alcohol motifs (C(OH)–C–C–N with tert-alkyl or cyclic N) is 1. The van der Waals surface area contributed by atoms with Gasteiger partial charge < -0.3 is 19.6 Å². The van der Waals surface area contributed by atoms with E-state index < -0.39 is 0 Å². The van der Waals surface area contributed by atoms with Crippen molar-refractivity contribution in [3.63, 3.8) is 0 Å². The molecular weight excluding hydrogens is 527 g/mol. The number of rotatable bonds is 8. The number of likely N-dealkylation sites (tertiary alicyclic amines) is 1. The smallest absolute Gasteiger partial charge is 0.266 e. The van der Waals surface area contributed by atoms with Crippen molar-refractivity contribution in [1.82, 2.24) is 34.4 Å². The number of aromatic nitrogens is 6. The molecule has 0 saturated carbocycles. The molecule has 3 aromatic heterocycles. The molecule has 1 atom stereocenters. The zero-order chi connectivity index (χ0) is 28.2. The number of piperidine rings is 1. The maximum absolute atomic E-state index is 13.3. The molecule has 0 amide bonds. The van der Waals surface area contributed by atoms with Gasteiger partial charge in [-0.3, -0.25) is 9.48 Å². The van der Waals surface area contributed by atoms with E-state index in [4.69, 9.17) is 9.84 Å². The lowest BCUT2D eigenvalue weighted by Crippen LogP contribution is -2.46. The van der Waals surface area contributed by atoms with E-state index in [0.717, 1.165) is 49.2 Å². The Balaban J connectivity index is 1.09. The molecule has 12 heteroatoms. The number of hydrogen-bond donors (Lipinski definition) is 1. The molecule has 2 aliphatic heterocycles. The first-order valence-corrected chi connectivity index (χ1v) is 14.0. The average Bonchev–Trinajstić information content (AvgIpc) is 3.50. The number of benzene rings is 1. The molecule has 2 fully saturated rings. The topological polar surface area (TPSA) is 114 Å². The number of hydrogen-bond acceptors (Lipinski definition) is 9. The number of anilines is 1. The van der Waals surface area contributed by atoms with Crippen LogP contribution in [0.1, 0.15) is 18.9 Å². The molecule has 1 N–H and O–H groups in total. The summed E-state index contributed by atoms with van der Waals surface area (Å²) in [5.74, 6) is 0.278. The van der Waals surface area contributed by atoms with Crippen molar-refractivity contribution in [2.45, 2.75) is 31.5 Å². The number of halogens is 1.